The molecule has 10 heteroatoms. The average molecular weight is 460 g/mol. The van der Waals surface area contributed by atoms with Crippen LogP contribution in [0.25, 0.3) is 11.4 Å². The number of aliphatic carboxylic acids is 1. The van der Waals surface area contributed by atoms with E-state index in [1.165, 1.54) is 23.1 Å². The quantitative estimate of drug-likeness (QED) is 0.331. The van der Waals surface area contributed by atoms with Crippen molar-refractivity contribution in [3.63, 3.8) is 0 Å². The molecule has 0 bridgehead atoms. The maximum absolute atomic E-state index is 12.6. The predicted molar refractivity (Wildman–Crippen MR) is 123 cm³/mol. The van der Waals surface area contributed by atoms with Gasteiger partial charge in [0.15, 0.2) is 0 Å². The van der Waals surface area contributed by atoms with Crippen LogP contribution in [0.2, 0.25) is 0 Å². The fourth-order valence-electron chi connectivity index (χ4n) is 2.86. The standard InChI is InChI=1S/C21H25N5O3S2/c1-4-5-6-11-26-12-16(18(27)24-20-25-22-13-30-20)23-17(26)14-7-9-15(10-8-14)31-21(2,3)19(28)29/h7-10,12-13H,4-6,11H2,1-3H3,(H,28,29)(H,24,25,27). The number of unbranched alkanes of at least 4 members (excludes halogenated alkanes) is 2. The Morgan fingerprint density at radius 3 is 2.58 bits per heavy atom. The molecular formula is C21H25N5O3S2. The number of anilines is 1. The van der Waals surface area contributed by atoms with Gasteiger partial charge in [-0.15, -0.1) is 22.0 Å². The first-order chi connectivity index (χ1) is 14.8. The van der Waals surface area contributed by atoms with Gasteiger partial charge in [-0.3, -0.25) is 14.9 Å². The summed E-state index contributed by atoms with van der Waals surface area (Å²) in [5.41, 5.74) is 2.73. The number of nitrogens with zero attached hydrogens (tertiary/aromatic N) is 4. The van der Waals surface area contributed by atoms with Crippen LogP contribution in [0.5, 0.6) is 0 Å². The van der Waals surface area contributed by atoms with Gasteiger partial charge in [-0.1, -0.05) is 43.2 Å². The van der Waals surface area contributed by atoms with Crippen LogP contribution in [-0.4, -0.2) is 41.5 Å². The Labute approximate surface area is 189 Å². The molecule has 164 valence electrons. The van der Waals surface area contributed by atoms with Crippen LogP contribution in [0.3, 0.4) is 0 Å². The molecule has 0 radical (unpaired) electrons. The van der Waals surface area contributed by atoms with E-state index in [2.05, 4.69) is 27.4 Å². The van der Waals surface area contributed by atoms with Crippen molar-refractivity contribution in [3.05, 3.63) is 41.7 Å². The molecule has 8 nitrogen and oxygen atoms in total. The highest BCUT2D eigenvalue weighted by atomic mass is 32.2. The van der Waals surface area contributed by atoms with Crippen LogP contribution in [0, 0.1) is 0 Å². The number of nitrogens with one attached hydrogen (secondary N) is 1. The SMILES string of the molecule is CCCCCn1cc(C(=O)Nc2nncs2)nc1-c1ccc(SC(C)(C)C(=O)O)cc1. The fraction of sp³-hybridized carbons (Fsp3) is 0.381. The number of thioether (sulfide) groups is 1. The van der Waals surface area contributed by atoms with E-state index in [0.29, 0.717) is 16.6 Å². The molecular weight excluding hydrogens is 434 g/mol. The number of hydrogen-bond acceptors (Lipinski definition) is 7. The van der Waals surface area contributed by atoms with Gasteiger partial charge in [0.1, 0.15) is 21.8 Å². The fourth-order valence-corrected chi connectivity index (χ4v) is 4.25. The van der Waals surface area contributed by atoms with Crippen LogP contribution in [-0.2, 0) is 11.3 Å². The molecule has 1 amide bonds. The summed E-state index contributed by atoms with van der Waals surface area (Å²) in [7, 11) is 0. The molecule has 0 aliphatic carbocycles. The molecule has 0 unspecified atom stereocenters. The van der Waals surface area contributed by atoms with Gasteiger partial charge in [0.05, 0.1) is 0 Å². The zero-order valence-electron chi connectivity index (χ0n) is 17.7. The third-order valence-corrected chi connectivity index (χ3v) is 6.39. The van der Waals surface area contributed by atoms with E-state index in [1.807, 2.05) is 28.8 Å². The molecule has 0 atom stereocenters. The number of carbonyl (C=O) groups excluding carboxylic acids is 1. The van der Waals surface area contributed by atoms with Gasteiger partial charge in [0.25, 0.3) is 5.91 Å². The summed E-state index contributed by atoms with van der Waals surface area (Å²) in [4.78, 5) is 29.4. The lowest BCUT2D eigenvalue weighted by molar-refractivity contribution is -0.138. The number of hydrogen-bond donors (Lipinski definition) is 2. The number of carbonyl (C=O) groups is 2. The Kier molecular flexibility index (Phi) is 7.45. The Bertz CT molecular complexity index is 1030. The maximum Gasteiger partial charge on any atom is 0.319 e. The van der Waals surface area contributed by atoms with E-state index in [-0.39, 0.29) is 5.91 Å². The number of aromatic nitrogens is 4. The van der Waals surface area contributed by atoms with E-state index >= 15 is 0 Å². The smallest absolute Gasteiger partial charge is 0.319 e. The van der Waals surface area contributed by atoms with Gasteiger partial charge < -0.3 is 9.67 Å². The highest BCUT2D eigenvalue weighted by molar-refractivity contribution is 8.01. The highest BCUT2D eigenvalue weighted by Gasteiger charge is 2.28. The number of rotatable bonds is 10. The number of benzene rings is 1. The topological polar surface area (TPSA) is 110 Å². The molecule has 0 spiro atoms. The number of imidazole rings is 1. The molecule has 2 heterocycles. The lowest BCUT2D eigenvalue weighted by Gasteiger charge is -2.18. The number of carboxylic acid groups (broad SMARTS) is 1. The summed E-state index contributed by atoms with van der Waals surface area (Å²) in [6, 6.07) is 7.59. The van der Waals surface area contributed by atoms with Crippen molar-refractivity contribution in [1.82, 2.24) is 19.7 Å². The van der Waals surface area contributed by atoms with Gasteiger partial charge in [-0.05, 0) is 32.4 Å². The van der Waals surface area contributed by atoms with Gasteiger partial charge in [-0.2, -0.15) is 0 Å². The second-order valence-electron chi connectivity index (χ2n) is 7.49. The van der Waals surface area contributed by atoms with Gasteiger partial charge >= 0.3 is 5.97 Å². The molecule has 3 rings (SSSR count). The minimum Gasteiger partial charge on any atom is -0.480 e. The van der Waals surface area contributed by atoms with E-state index in [0.717, 1.165) is 36.3 Å². The lowest BCUT2D eigenvalue weighted by atomic mass is 10.2. The molecule has 3 aromatic rings. The molecule has 2 N–H and O–H groups in total. The first-order valence-corrected chi connectivity index (χ1v) is 11.7. The van der Waals surface area contributed by atoms with Gasteiger partial charge in [-0.25, -0.2) is 4.98 Å². The van der Waals surface area contributed by atoms with Crippen molar-refractivity contribution in [2.45, 2.75) is 56.2 Å². The third kappa shape index (κ3) is 5.92. The van der Waals surface area contributed by atoms with Crippen LogP contribution >= 0.6 is 23.1 Å². The van der Waals surface area contributed by atoms with E-state index in [9.17, 15) is 14.7 Å². The molecule has 0 aliphatic heterocycles. The summed E-state index contributed by atoms with van der Waals surface area (Å²) in [5.74, 6) is -0.491. The summed E-state index contributed by atoms with van der Waals surface area (Å²) in [6.45, 7) is 6.25. The van der Waals surface area contributed by atoms with Crippen molar-refractivity contribution in [1.29, 1.82) is 0 Å². The predicted octanol–water partition coefficient (Wildman–Crippen LogP) is 4.80. The molecule has 0 saturated heterocycles. The van der Waals surface area contributed by atoms with Gasteiger partial charge in [0.2, 0.25) is 5.13 Å². The monoisotopic (exact) mass is 459 g/mol. The minimum absolute atomic E-state index is 0.312. The second-order valence-corrected chi connectivity index (χ2v) is 10.0. The van der Waals surface area contributed by atoms with Crippen molar-refractivity contribution in [2.24, 2.45) is 0 Å². The minimum atomic E-state index is -0.921. The van der Waals surface area contributed by atoms with Crippen LogP contribution in [0.4, 0.5) is 5.13 Å². The molecule has 0 aliphatic rings. The molecule has 1 aromatic carbocycles. The second kappa shape index (κ2) is 10.1. The first kappa shape index (κ1) is 23.0. The van der Waals surface area contributed by atoms with Crippen LogP contribution < -0.4 is 5.32 Å². The van der Waals surface area contributed by atoms with Crippen LogP contribution in [0.15, 0.2) is 40.9 Å². The largest absolute Gasteiger partial charge is 0.480 e. The summed E-state index contributed by atoms with van der Waals surface area (Å²) in [5, 5.41) is 20.0. The van der Waals surface area contributed by atoms with E-state index in [1.54, 1.807) is 25.6 Å². The first-order valence-electron chi connectivity index (χ1n) is 9.97. The lowest BCUT2D eigenvalue weighted by Crippen LogP contribution is -2.26. The number of aryl methyl sites for hydroxylation is 1. The maximum atomic E-state index is 12.6. The number of carboxylic acids is 1. The Morgan fingerprint density at radius 1 is 1.23 bits per heavy atom. The molecule has 0 saturated carbocycles. The average Bonchev–Trinajstić information content (AvgIpc) is 3.38. The van der Waals surface area contributed by atoms with Crippen molar-refractivity contribution in [2.75, 3.05) is 5.32 Å². The van der Waals surface area contributed by atoms with Crippen molar-refractivity contribution >= 4 is 40.1 Å². The zero-order valence-corrected chi connectivity index (χ0v) is 19.3. The summed E-state index contributed by atoms with van der Waals surface area (Å²) >= 11 is 2.53. The Balaban J connectivity index is 1.84. The van der Waals surface area contributed by atoms with Gasteiger partial charge in [0, 0.05) is 23.2 Å². The number of amides is 1. The Morgan fingerprint density at radius 2 is 1.97 bits per heavy atom. The van der Waals surface area contributed by atoms with Crippen molar-refractivity contribution < 1.29 is 14.7 Å². The molecule has 0 fully saturated rings. The molecule has 31 heavy (non-hydrogen) atoms. The normalized spacial score (nSPS) is 11.5. The Hall–Kier alpha value is -2.72. The summed E-state index contributed by atoms with van der Waals surface area (Å²) in [6.07, 6.45) is 4.93. The van der Waals surface area contributed by atoms with E-state index < -0.39 is 10.7 Å². The summed E-state index contributed by atoms with van der Waals surface area (Å²) < 4.78 is 1.07. The molecule has 2 aromatic heterocycles. The third-order valence-electron chi connectivity index (χ3n) is 4.59. The van der Waals surface area contributed by atoms with E-state index in [4.69, 9.17) is 0 Å². The van der Waals surface area contributed by atoms with Crippen LogP contribution in [0.1, 0.15) is 50.5 Å². The highest BCUT2D eigenvalue weighted by Crippen LogP contribution is 2.34. The van der Waals surface area contributed by atoms with Crippen molar-refractivity contribution in [3.8, 4) is 11.4 Å². The zero-order chi connectivity index (χ0) is 22.4.